The van der Waals surface area contributed by atoms with Crippen molar-refractivity contribution in [1.29, 1.82) is 0 Å². The molecule has 2 aromatic carbocycles. The number of anilines is 1. The number of halogens is 1. The van der Waals surface area contributed by atoms with Crippen LogP contribution in [-0.4, -0.2) is 42.0 Å². The smallest absolute Gasteiger partial charge is 0.350 e. The number of hydrogen-bond acceptors (Lipinski definition) is 8. The number of ether oxygens (including phenoxy) is 2. The number of rotatable bonds is 5. The minimum absolute atomic E-state index is 0.107. The largest absolute Gasteiger partial charge is 0.507 e. The number of benzene rings is 2. The molecule has 2 heterocycles. The Labute approximate surface area is 204 Å². The summed E-state index contributed by atoms with van der Waals surface area (Å²) in [7, 11) is 2.77. The Hall–Kier alpha value is -3.69. The van der Waals surface area contributed by atoms with Crippen molar-refractivity contribution in [3.8, 4) is 5.75 Å². The molecule has 0 aliphatic carbocycles. The highest BCUT2D eigenvalue weighted by atomic mass is 35.5. The van der Waals surface area contributed by atoms with Crippen LogP contribution in [0.2, 0.25) is 5.02 Å². The normalized spacial score (nSPS) is 17.2. The summed E-state index contributed by atoms with van der Waals surface area (Å²) in [5.41, 5.74) is 1.12. The Morgan fingerprint density at radius 2 is 1.74 bits per heavy atom. The van der Waals surface area contributed by atoms with Gasteiger partial charge in [-0.05, 0) is 48.9 Å². The Bertz CT molecular complexity index is 1310. The summed E-state index contributed by atoms with van der Waals surface area (Å²) in [4.78, 5) is 44.3. The van der Waals surface area contributed by atoms with Crippen molar-refractivity contribution < 1.29 is 29.0 Å². The van der Waals surface area contributed by atoms with E-state index in [0.29, 0.717) is 27.6 Å². The third-order valence-electron chi connectivity index (χ3n) is 5.36. The van der Waals surface area contributed by atoms with Gasteiger partial charge in [-0.25, -0.2) is 9.78 Å². The van der Waals surface area contributed by atoms with Crippen molar-refractivity contribution >= 4 is 51.5 Å². The zero-order valence-corrected chi connectivity index (χ0v) is 19.9. The second-order valence-electron chi connectivity index (χ2n) is 7.35. The zero-order valence-electron chi connectivity index (χ0n) is 18.4. The fraction of sp³-hybridized carbons (Fsp3) is 0.167. The Balaban J connectivity index is 1.92. The van der Waals surface area contributed by atoms with Crippen LogP contribution in [0.4, 0.5) is 5.13 Å². The highest BCUT2D eigenvalue weighted by Gasteiger charge is 2.48. The predicted octanol–water partition coefficient (Wildman–Crippen LogP) is 4.53. The maximum Gasteiger partial charge on any atom is 0.350 e. The van der Waals surface area contributed by atoms with Crippen LogP contribution < -0.4 is 9.64 Å². The number of ketones is 1. The molecule has 0 saturated carbocycles. The summed E-state index contributed by atoms with van der Waals surface area (Å²) >= 11 is 6.89. The van der Waals surface area contributed by atoms with E-state index < -0.39 is 23.7 Å². The summed E-state index contributed by atoms with van der Waals surface area (Å²) in [5, 5.41) is 11.7. The maximum atomic E-state index is 13.2. The molecule has 8 nitrogen and oxygen atoms in total. The van der Waals surface area contributed by atoms with Crippen molar-refractivity contribution in [3.63, 3.8) is 0 Å². The van der Waals surface area contributed by atoms with Gasteiger partial charge in [0.2, 0.25) is 0 Å². The summed E-state index contributed by atoms with van der Waals surface area (Å²) in [6.45, 7) is 1.61. The number of aryl methyl sites for hydroxylation is 1. The number of carbonyl (C=O) groups is 3. The average molecular weight is 499 g/mol. The van der Waals surface area contributed by atoms with Gasteiger partial charge in [-0.2, -0.15) is 0 Å². The molecule has 0 bridgehead atoms. The van der Waals surface area contributed by atoms with Crippen LogP contribution in [0.1, 0.15) is 32.5 Å². The van der Waals surface area contributed by atoms with Crippen LogP contribution in [0.15, 0.2) is 54.1 Å². The highest BCUT2D eigenvalue weighted by Crippen LogP contribution is 2.44. The number of amides is 1. The second kappa shape index (κ2) is 9.28. The van der Waals surface area contributed by atoms with Crippen molar-refractivity contribution in [2.45, 2.75) is 13.0 Å². The molecule has 1 N–H and O–H groups in total. The van der Waals surface area contributed by atoms with Gasteiger partial charge in [-0.3, -0.25) is 14.5 Å². The molecule has 1 saturated heterocycles. The number of Topliss-reactive ketones (excluding diaryl/α,β-unsaturated/α-hetero) is 1. The fourth-order valence-electron chi connectivity index (χ4n) is 3.66. The molecule has 174 valence electrons. The Kier molecular flexibility index (Phi) is 6.41. The first kappa shape index (κ1) is 23.5. The molecule has 1 aliphatic heterocycles. The molecule has 1 amide bonds. The van der Waals surface area contributed by atoms with Crippen LogP contribution in [0.25, 0.3) is 5.76 Å². The topological polar surface area (TPSA) is 106 Å². The number of aromatic nitrogens is 1. The van der Waals surface area contributed by atoms with E-state index in [0.717, 1.165) is 11.3 Å². The fourth-order valence-corrected chi connectivity index (χ4v) is 4.80. The Morgan fingerprint density at radius 3 is 2.32 bits per heavy atom. The van der Waals surface area contributed by atoms with Crippen molar-refractivity contribution in [2.75, 3.05) is 19.1 Å². The monoisotopic (exact) mass is 498 g/mol. The van der Waals surface area contributed by atoms with Crippen LogP contribution in [0, 0.1) is 6.92 Å². The number of aliphatic hydroxyl groups is 1. The van der Waals surface area contributed by atoms with E-state index in [1.165, 1.54) is 19.1 Å². The van der Waals surface area contributed by atoms with Gasteiger partial charge in [-0.1, -0.05) is 35.1 Å². The molecule has 1 aromatic heterocycles. The third-order valence-corrected chi connectivity index (χ3v) is 6.74. The van der Waals surface area contributed by atoms with Crippen LogP contribution in [-0.2, 0) is 14.3 Å². The number of hydrogen-bond donors (Lipinski definition) is 1. The summed E-state index contributed by atoms with van der Waals surface area (Å²) < 4.78 is 10.0. The molecule has 4 rings (SSSR count). The SMILES string of the molecule is COC(=O)c1sc(N2C(=O)C(=O)C(=C(O)c3ccc(Cl)cc3)[C@H]2c2ccc(OC)cc2)nc1C. The van der Waals surface area contributed by atoms with Crippen molar-refractivity contribution in [1.82, 2.24) is 4.98 Å². The minimum Gasteiger partial charge on any atom is -0.507 e. The molecular formula is C24H19ClN2O6S. The molecule has 34 heavy (non-hydrogen) atoms. The molecule has 0 radical (unpaired) electrons. The highest BCUT2D eigenvalue weighted by molar-refractivity contribution is 7.17. The summed E-state index contributed by atoms with van der Waals surface area (Å²) in [5.74, 6) is -2.11. The molecular weight excluding hydrogens is 480 g/mol. The van der Waals surface area contributed by atoms with E-state index >= 15 is 0 Å². The predicted molar refractivity (Wildman–Crippen MR) is 127 cm³/mol. The van der Waals surface area contributed by atoms with Crippen LogP contribution in [0.5, 0.6) is 5.75 Å². The van der Waals surface area contributed by atoms with Crippen molar-refractivity contribution in [3.05, 3.63) is 80.8 Å². The van der Waals surface area contributed by atoms with Gasteiger partial charge in [0, 0.05) is 10.6 Å². The Morgan fingerprint density at radius 1 is 1.09 bits per heavy atom. The molecule has 0 unspecified atom stereocenters. The van der Waals surface area contributed by atoms with E-state index in [-0.39, 0.29) is 21.3 Å². The summed E-state index contributed by atoms with van der Waals surface area (Å²) in [6, 6.07) is 12.0. The van der Waals surface area contributed by atoms with Crippen LogP contribution in [0.3, 0.4) is 0 Å². The van der Waals surface area contributed by atoms with E-state index in [1.807, 2.05) is 0 Å². The first-order valence-electron chi connectivity index (χ1n) is 10.0. The summed E-state index contributed by atoms with van der Waals surface area (Å²) in [6.07, 6.45) is 0. The number of thiazole rings is 1. The molecule has 1 aliphatic rings. The minimum atomic E-state index is -0.988. The van der Waals surface area contributed by atoms with Gasteiger partial charge >= 0.3 is 11.9 Å². The average Bonchev–Trinajstić information content (AvgIpc) is 3.35. The van der Waals surface area contributed by atoms with Crippen molar-refractivity contribution in [2.24, 2.45) is 0 Å². The van der Waals surface area contributed by atoms with Gasteiger partial charge in [0.05, 0.1) is 31.5 Å². The van der Waals surface area contributed by atoms with Gasteiger partial charge in [0.15, 0.2) is 5.13 Å². The maximum absolute atomic E-state index is 13.2. The van der Waals surface area contributed by atoms with Gasteiger partial charge < -0.3 is 14.6 Å². The second-order valence-corrected chi connectivity index (χ2v) is 8.77. The quantitative estimate of drug-likeness (QED) is 0.238. The molecule has 3 aromatic rings. The van der Waals surface area contributed by atoms with Gasteiger partial charge in [0.25, 0.3) is 5.78 Å². The zero-order chi connectivity index (χ0) is 24.6. The number of carbonyl (C=O) groups excluding carboxylic acids is 3. The number of esters is 1. The first-order valence-corrected chi connectivity index (χ1v) is 11.2. The lowest BCUT2D eigenvalue weighted by Crippen LogP contribution is -2.29. The van der Waals surface area contributed by atoms with E-state index in [2.05, 4.69) is 4.98 Å². The number of aliphatic hydroxyl groups excluding tert-OH is 1. The lowest BCUT2D eigenvalue weighted by molar-refractivity contribution is -0.132. The third kappa shape index (κ3) is 4.04. The number of nitrogens with zero attached hydrogens (tertiary/aromatic N) is 2. The van der Waals surface area contributed by atoms with E-state index in [1.54, 1.807) is 55.5 Å². The van der Waals surface area contributed by atoms with Crippen LogP contribution >= 0.6 is 22.9 Å². The molecule has 10 heteroatoms. The lowest BCUT2D eigenvalue weighted by atomic mass is 9.95. The van der Waals surface area contributed by atoms with E-state index in [4.69, 9.17) is 21.1 Å². The first-order chi connectivity index (χ1) is 16.3. The van der Waals surface area contributed by atoms with E-state index in [9.17, 15) is 19.5 Å². The van der Waals surface area contributed by atoms with Gasteiger partial charge in [0.1, 0.15) is 16.4 Å². The van der Waals surface area contributed by atoms with Gasteiger partial charge in [-0.15, -0.1) is 0 Å². The standard InChI is InChI=1S/C24H19ClN2O6S/c1-12-21(23(31)33-3)34-24(26-12)27-18(13-6-10-16(32-2)11-7-13)17(20(29)22(27)30)19(28)14-4-8-15(25)9-5-14/h4-11,18,28H,1-3H3/t18-/m1/s1. The lowest BCUT2D eigenvalue weighted by Gasteiger charge is -2.23. The molecule has 1 atom stereocenters. The molecule has 1 fully saturated rings. The number of methoxy groups -OCH3 is 2. The molecule has 0 spiro atoms.